The number of hydrogen-bond donors (Lipinski definition) is 1. The standard InChI is InChI=1S/C15H16FNO2/c1-2-10-17(12-7-8-12)15-11(6-9-14(18)19)4-3-5-13(15)16/h2-6,9,12H,1,7-8,10H2,(H,18,19)/b9-6+. The monoisotopic (exact) mass is 261 g/mol. The van der Waals surface area contributed by atoms with Gasteiger partial charge in [0.2, 0.25) is 0 Å². The number of hydrogen-bond acceptors (Lipinski definition) is 2. The molecule has 3 nitrogen and oxygen atoms in total. The third-order valence-electron chi connectivity index (χ3n) is 3.02. The van der Waals surface area contributed by atoms with Gasteiger partial charge in [0.05, 0.1) is 5.69 Å². The van der Waals surface area contributed by atoms with Crippen molar-refractivity contribution in [3.05, 3.63) is 48.3 Å². The second kappa shape index (κ2) is 5.69. The molecule has 0 aliphatic heterocycles. The van der Waals surface area contributed by atoms with Crippen LogP contribution in [0.5, 0.6) is 0 Å². The van der Waals surface area contributed by atoms with E-state index in [-0.39, 0.29) is 5.82 Å². The van der Waals surface area contributed by atoms with Crippen molar-refractivity contribution in [1.82, 2.24) is 0 Å². The van der Waals surface area contributed by atoms with Crippen LogP contribution in [0, 0.1) is 5.82 Å². The number of rotatable bonds is 6. The highest BCUT2D eigenvalue weighted by molar-refractivity contribution is 5.87. The summed E-state index contributed by atoms with van der Waals surface area (Å²) in [6.07, 6.45) is 6.25. The largest absolute Gasteiger partial charge is 0.478 e. The van der Waals surface area contributed by atoms with Crippen LogP contribution in [-0.4, -0.2) is 23.7 Å². The first kappa shape index (κ1) is 13.3. The molecule has 1 aromatic rings. The maximum atomic E-state index is 14.1. The zero-order chi connectivity index (χ0) is 13.8. The molecule has 0 heterocycles. The second-order valence-electron chi connectivity index (χ2n) is 4.52. The van der Waals surface area contributed by atoms with Gasteiger partial charge in [-0.25, -0.2) is 9.18 Å². The lowest BCUT2D eigenvalue weighted by molar-refractivity contribution is -0.131. The molecule has 0 saturated heterocycles. The molecule has 0 unspecified atom stereocenters. The van der Waals surface area contributed by atoms with Crippen molar-refractivity contribution in [2.24, 2.45) is 0 Å². The fourth-order valence-electron chi connectivity index (χ4n) is 2.08. The number of para-hydroxylation sites is 1. The Bertz CT molecular complexity index is 521. The van der Waals surface area contributed by atoms with Gasteiger partial charge in [-0.3, -0.25) is 0 Å². The van der Waals surface area contributed by atoms with Crippen LogP contribution in [0.25, 0.3) is 6.08 Å². The third kappa shape index (κ3) is 3.22. The molecule has 2 rings (SSSR count). The Morgan fingerprint density at radius 2 is 2.26 bits per heavy atom. The van der Waals surface area contributed by atoms with Crippen LogP contribution in [0.3, 0.4) is 0 Å². The van der Waals surface area contributed by atoms with Crippen LogP contribution in [0.2, 0.25) is 0 Å². The molecule has 19 heavy (non-hydrogen) atoms. The highest BCUT2D eigenvalue weighted by atomic mass is 19.1. The molecule has 1 fully saturated rings. The van der Waals surface area contributed by atoms with E-state index in [1.807, 2.05) is 4.90 Å². The fraction of sp³-hybridized carbons (Fsp3) is 0.267. The molecule has 1 saturated carbocycles. The molecule has 4 heteroatoms. The summed E-state index contributed by atoms with van der Waals surface area (Å²) in [5, 5.41) is 8.69. The summed E-state index contributed by atoms with van der Waals surface area (Å²) < 4.78 is 14.1. The Hall–Kier alpha value is -2.10. The average molecular weight is 261 g/mol. The summed E-state index contributed by atoms with van der Waals surface area (Å²) >= 11 is 0. The highest BCUT2D eigenvalue weighted by Gasteiger charge is 2.30. The number of carbonyl (C=O) groups is 1. The second-order valence-corrected chi connectivity index (χ2v) is 4.52. The molecule has 0 aromatic heterocycles. The number of benzene rings is 1. The van der Waals surface area contributed by atoms with E-state index in [1.54, 1.807) is 18.2 Å². The normalized spacial score (nSPS) is 14.6. The van der Waals surface area contributed by atoms with E-state index >= 15 is 0 Å². The van der Waals surface area contributed by atoms with Gasteiger partial charge in [0.15, 0.2) is 0 Å². The van der Waals surface area contributed by atoms with Crippen molar-refractivity contribution in [2.75, 3.05) is 11.4 Å². The Labute approximate surface area is 111 Å². The Morgan fingerprint density at radius 3 is 2.84 bits per heavy atom. The van der Waals surface area contributed by atoms with Crippen molar-refractivity contribution in [3.8, 4) is 0 Å². The summed E-state index contributed by atoms with van der Waals surface area (Å²) in [4.78, 5) is 12.5. The predicted octanol–water partition coefficient (Wildman–Crippen LogP) is 3.08. The van der Waals surface area contributed by atoms with Crippen LogP contribution < -0.4 is 4.90 Å². The minimum absolute atomic E-state index is 0.326. The van der Waals surface area contributed by atoms with E-state index in [0.29, 0.717) is 23.8 Å². The Balaban J connectivity index is 2.40. The number of halogens is 1. The first-order valence-electron chi connectivity index (χ1n) is 6.20. The zero-order valence-corrected chi connectivity index (χ0v) is 10.6. The molecule has 1 aliphatic rings. The van der Waals surface area contributed by atoms with Gasteiger partial charge >= 0.3 is 5.97 Å². The Morgan fingerprint density at radius 1 is 1.53 bits per heavy atom. The molecule has 0 atom stereocenters. The molecular weight excluding hydrogens is 245 g/mol. The van der Waals surface area contributed by atoms with Crippen LogP contribution in [0.15, 0.2) is 36.9 Å². The molecular formula is C15H16FNO2. The molecule has 0 radical (unpaired) electrons. The minimum Gasteiger partial charge on any atom is -0.478 e. The van der Waals surface area contributed by atoms with Crippen molar-refractivity contribution < 1.29 is 14.3 Å². The summed E-state index contributed by atoms with van der Waals surface area (Å²) in [5.74, 6) is -1.38. The van der Waals surface area contributed by atoms with Gasteiger partial charge < -0.3 is 10.0 Å². The van der Waals surface area contributed by atoms with Gasteiger partial charge in [-0.15, -0.1) is 6.58 Å². The van der Waals surface area contributed by atoms with Crippen molar-refractivity contribution in [3.63, 3.8) is 0 Å². The van der Waals surface area contributed by atoms with Crippen LogP contribution in [0.4, 0.5) is 10.1 Å². The molecule has 100 valence electrons. The lowest BCUT2D eigenvalue weighted by Gasteiger charge is -2.25. The summed E-state index contributed by atoms with van der Waals surface area (Å²) in [6.45, 7) is 4.25. The Kier molecular flexibility index (Phi) is 4.00. The molecule has 1 aromatic carbocycles. The lowest BCUT2D eigenvalue weighted by atomic mass is 10.1. The molecule has 0 bridgehead atoms. The van der Waals surface area contributed by atoms with E-state index in [2.05, 4.69) is 6.58 Å². The van der Waals surface area contributed by atoms with Gasteiger partial charge in [0.1, 0.15) is 5.82 Å². The average Bonchev–Trinajstić information content (AvgIpc) is 3.18. The van der Waals surface area contributed by atoms with Gasteiger partial charge in [-0.05, 0) is 25.0 Å². The van der Waals surface area contributed by atoms with Crippen molar-refractivity contribution >= 4 is 17.7 Å². The fourth-order valence-corrected chi connectivity index (χ4v) is 2.08. The van der Waals surface area contributed by atoms with E-state index in [1.165, 1.54) is 12.1 Å². The van der Waals surface area contributed by atoms with Crippen LogP contribution >= 0.6 is 0 Å². The smallest absolute Gasteiger partial charge is 0.328 e. The topological polar surface area (TPSA) is 40.5 Å². The SMILES string of the molecule is C=CCN(c1c(F)cccc1/C=C/C(=O)O)C1CC1. The van der Waals surface area contributed by atoms with Crippen molar-refractivity contribution in [1.29, 1.82) is 0 Å². The quantitative estimate of drug-likeness (QED) is 0.632. The first-order chi connectivity index (χ1) is 9.13. The highest BCUT2D eigenvalue weighted by Crippen LogP contribution is 2.35. The number of carboxylic acids is 1. The van der Waals surface area contributed by atoms with Gasteiger partial charge in [-0.1, -0.05) is 18.2 Å². The van der Waals surface area contributed by atoms with E-state index in [9.17, 15) is 9.18 Å². The molecule has 1 aliphatic carbocycles. The maximum Gasteiger partial charge on any atom is 0.328 e. The number of anilines is 1. The van der Waals surface area contributed by atoms with Crippen molar-refractivity contribution in [2.45, 2.75) is 18.9 Å². The summed E-state index contributed by atoms with van der Waals surface area (Å²) in [5.41, 5.74) is 1.04. The van der Waals surface area contributed by atoms with Gasteiger partial charge in [-0.2, -0.15) is 0 Å². The predicted molar refractivity (Wildman–Crippen MR) is 73.6 cm³/mol. The first-order valence-corrected chi connectivity index (χ1v) is 6.20. The van der Waals surface area contributed by atoms with Crippen LogP contribution in [-0.2, 0) is 4.79 Å². The maximum absolute atomic E-state index is 14.1. The van der Waals surface area contributed by atoms with Gasteiger partial charge in [0.25, 0.3) is 0 Å². The summed E-state index contributed by atoms with van der Waals surface area (Å²) in [6, 6.07) is 5.02. The number of carboxylic acid groups (broad SMARTS) is 1. The van der Waals surface area contributed by atoms with E-state index in [4.69, 9.17) is 5.11 Å². The third-order valence-corrected chi connectivity index (χ3v) is 3.02. The van der Waals surface area contributed by atoms with Crippen LogP contribution in [0.1, 0.15) is 18.4 Å². The number of nitrogens with zero attached hydrogens (tertiary/aromatic N) is 1. The molecule has 0 amide bonds. The van der Waals surface area contributed by atoms with Gasteiger partial charge in [0, 0.05) is 24.2 Å². The minimum atomic E-state index is -1.04. The summed E-state index contributed by atoms with van der Waals surface area (Å²) in [7, 11) is 0. The van der Waals surface area contributed by atoms with E-state index < -0.39 is 5.97 Å². The number of aliphatic carboxylic acids is 1. The molecule has 0 spiro atoms. The molecule has 1 N–H and O–H groups in total. The zero-order valence-electron chi connectivity index (χ0n) is 10.6. The van der Waals surface area contributed by atoms with E-state index in [0.717, 1.165) is 18.9 Å². The lowest BCUT2D eigenvalue weighted by Crippen LogP contribution is -2.27.